The minimum Gasteiger partial charge on any atom is -0.481 e. The highest BCUT2D eigenvalue weighted by Gasteiger charge is 2.38. The van der Waals surface area contributed by atoms with Crippen molar-refractivity contribution in [3.05, 3.63) is 82.0 Å². The maximum Gasteiger partial charge on any atom is 0.306 e. The Morgan fingerprint density at radius 3 is 2.17 bits per heavy atom. The molecule has 3 nitrogen and oxygen atoms in total. The van der Waals surface area contributed by atoms with Crippen LogP contribution in [0.5, 0.6) is 0 Å². The van der Waals surface area contributed by atoms with Crippen LogP contribution in [0, 0.1) is 17.6 Å². The van der Waals surface area contributed by atoms with Crippen molar-refractivity contribution in [1.29, 1.82) is 0 Å². The van der Waals surface area contributed by atoms with Gasteiger partial charge in [-0.05, 0) is 61.0 Å². The molecule has 2 heterocycles. The highest BCUT2D eigenvalue weighted by atomic mass is 35.5. The summed E-state index contributed by atoms with van der Waals surface area (Å²) in [5.41, 5.74) is 0.908. The van der Waals surface area contributed by atoms with Gasteiger partial charge in [0.25, 0.3) is 0 Å². The zero-order valence-corrected chi connectivity index (χ0v) is 21.5. The van der Waals surface area contributed by atoms with E-state index in [9.17, 15) is 14.3 Å². The van der Waals surface area contributed by atoms with E-state index < -0.39 is 23.5 Å². The van der Waals surface area contributed by atoms with Crippen molar-refractivity contribution in [2.75, 3.05) is 0 Å². The minimum absolute atomic E-state index is 0.174. The van der Waals surface area contributed by atoms with Gasteiger partial charge in [-0.1, -0.05) is 53.6 Å². The van der Waals surface area contributed by atoms with Gasteiger partial charge < -0.3 is 9.67 Å². The van der Waals surface area contributed by atoms with Crippen LogP contribution in [0.15, 0.2) is 74.2 Å². The summed E-state index contributed by atoms with van der Waals surface area (Å²) in [6.07, 6.45) is 0.544. The Balaban J connectivity index is 1.76. The highest BCUT2D eigenvalue weighted by molar-refractivity contribution is 8.00. The van der Waals surface area contributed by atoms with Gasteiger partial charge in [0.1, 0.15) is 0 Å². The van der Waals surface area contributed by atoms with Crippen LogP contribution in [0.4, 0.5) is 8.78 Å². The fourth-order valence-corrected chi connectivity index (χ4v) is 7.02. The van der Waals surface area contributed by atoms with Crippen LogP contribution in [0.3, 0.4) is 0 Å². The summed E-state index contributed by atoms with van der Waals surface area (Å²) in [6, 6.07) is 15.6. The maximum absolute atomic E-state index is 15.4. The summed E-state index contributed by atoms with van der Waals surface area (Å²) in [4.78, 5) is 14.9. The predicted octanol–water partition coefficient (Wildman–Crippen LogP) is 8.74. The molecule has 9 heteroatoms. The Morgan fingerprint density at radius 1 is 1.03 bits per heavy atom. The standard InChI is InChI=1S/C26H19Cl2F2NO2S2/c1-13(26(32)33)18-10-11-31-23(18)25(35-17-8-4-15(28)5-9-17)21-20(12-19(29)22(30)24(21)31)34-16-6-2-14(27)3-7-16/h2-9,12-13,18H,10-11H2,1H3,(H,32,33). The number of rotatable bonds is 6. The Kier molecular flexibility index (Phi) is 6.79. The Hall–Kier alpha value is -2.19. The number of hydrogen-bond acceptors (Lipinski definition) is 3. The van der Waals surface area contributed by atoms with Crippen LogP contribution in [-0.4, -0.2) is 15.6 Å². The quantitative estimate of drug-likeness (QED) is 0.261. The molecular weight excluding hydrogens is 531 g/mol. The van der Waals surface area contributed by atoms with E-state index in [0.29, 0.717) is 33.3 Å². The molecule has 0 amide bonds. The first-order chi connectivity index (χ1) is 16.7. The minimum atomic E-state index is -0.938. The van der Waals surface area contributed by atoms with E-state index in [1.165, 1.54) is 29.6 Å². The molecule has 1 aliphatic heterocycles. The smallest absolute Gasteiger partial charge is 0.306 e. The zero-order valence-electron chi connectivity index (χ0n) is 18.4. The van der Waals surface area contributed by atoms with Crippen molar-refractivity contribution >= 4 is 63.6 Å². The molecule has 2 unspecified atom stereocenters. The first kappa shape index (κ1) is 24.5. The molecule has 0 saturated heterocycles. The highest BCUT2D eigenvalue weighted by Crippen LogP contribution is 2.51. The van der Waals surface area contributed by atoms with E-state index in [0.717, 1.165) is 20.4 Å². The lowest BCUT2D eigenvalue weighted by molar-refractivity contribution is -0.141. The normalized spacial score (nSPS) is 16.0. The molecule has 1 aromatic heterocycles. The molecule has 4 aromatic rings. The molecule has 0 fully saturated rings. The predicted molar refractivity (Wildman–Crippen MR) is 137 cm³/mol. The number of nitrogens with zero attached hydrogens (tertiary/aromatic N) is 1. The van der Waals surface area contributed by atoms with Crippen molar-refractivity contribution in [2.45, 2.75) is 45.4 Å². The zero-order chi connectivity index (χ0) is 24.9. The number of fused-ring (bicyclic) bond motifs is 3. The molecule has 1 N–H and O–H groups in total. The topological polar surface area (TPSA) is 42.2 Å². The molecule has 35 heavy (non-hydrogen) atoms. The number of aliphatic carboxylic acids is 1. The third-order valence-electron chi connectivity index (χ3n) is 6.26. The lowest BCUT2D eigenvalue weighted by Gasteiger charge is -2.17. The van der Waals surface area contributed by atoms with Gasteiger partial charge >= 0.3 is 5.97 Å². The summed E-state index contributed by atoms with van der Waals surface area (Å²) < 4.78 is 32.0. The summed E-state index contributed by atoms with van der Waals surface area (Å²) >= 11 is 14.8. The van der Waals surface area contributed by atoms with E-state index in [2.05, 4.69) is 0 Å². The number of hydrogen-bond donors (Lipinski definition) is 1. The van der Waals surface area contributed by atoms with Gasteiger partial charge in [0.2, 0.25) is 0 Å². The fraction of sp³-hybridized carbons (Fsp3) is 0.192. The van der Waals surface area contributed by atoms with Crippen LogP contribution >= 0.6 is 46.7 Å². The molecule has 0 radical (unpaired) electrons. The number of carboxylic acid groups (broad SMARTS) is 1. The van der Waals surface area contributed by atoms with E-state index in [-0.39, 0.29) is 11.4 Å². The number of carboxylic acids is 1. The molecule has 0 saturated carbocycles. The van der Waals surface area contributed by atoms with Gasteiger partial charge in [0.15, 0.2) is 11.6 Å². The largest absolute Gasteiger partial charge is 0.481 e. The molecule has 5 rings (SSSR count). The van der Waals surface area contributed by atoms with Crippen molar-refractivity contribution in [2.24, 2.45) is 5.92 Å². The summed E-state index contributed by atoms with van der Waals surface area (Å²) in [7, 11) is 0. The average molecular weight is 550 g/mol. The lowest BCUT2D eigenvalue weighted by Crippen LogP contribution is -2.17. The second-order valence-electron chi connectivity index (χ2n) is 8.39. The monoisotopic (exact) mass is 549 g/mol. The van der Waals surface area contributed by atoms with Crippen LogP contribution in [-0.2, 0) is 11.3 Å². The molecule has 0 spiro atoms. The number of halogens is 4. The summed E-state index contributed by atoms with van der Waals surface area (Å²) in [6.45, 7) is 2.08. The van der Waals surface area contributed by atoms with Gasteiger partial charge in [-0.3, -0.25) is 4.79 Å². The molecule has 2 atom stereocenters. The van der Waals surface area contributed by atoms with Gasteiger partial charge in [0, 0.05) is 53.2 Å². The number of aromatic nitrogens is 1. The molecule has 0 bridgehead atoms. The fourth-order valence-electron chi connectivity index (χ4n) is 4.53. The van der Waals surface area contributed by atoms with Crippen molar-refractivity contribution in [3.63, 3.8) is 0 Å². The van der Waals surface area contributed by atoms with E-state index in [1.807, 2.05) is 24.3 Å². The summed E-state index contributed by atoms with van der Waals surface area (Å²) in [5.74, 6) is -3.78. The van der Waals surface area contributed by atoms with E-state index in [1.54, 1.807) is 35.8 Å². The van der Waals surface area contributed by atoms with Crippen LogP contribution in [0.1, 0.15) is 25.0 Å². The molecule has 180 valence electrons. The number of aryl methyl sites for hydroxylation is 1. The number of carbonyl (C=O) groups is 1. The van der Waals surface area contributed by atoms with Crippen molar-refractivity contribution in [3.8, 4) is 0 Å². The van der Waals surface area contributed by atoms with Crippen LogP contribution < -0.4 is 0 Å². The van der Waals surface area contributed by atoms with Crippen molar-refractivity contribution < 1.29 is 18.7 Å². The van der Waals surface area contributed by atoms with E-state index >= 15 is 4.39 Å². The third kappa shape index (κ3) is 4.55. The Labute approximate surface area is 219 Å². The Morgan fingerprint density at radius 2 is 1.60 bits per heavy atom. The average Bonchev–Trinajstić information content (AvgIpc) is 3.39. The third-order valence-corrected chi connectivity index (χ3v) is 8.94. The van der Waals surface area contributed by atoms with Gasteiger partial charge in [-0.2, -0.15) is 0 Å². The Bertz CT molecular complexity index is 1440. The van der Waals surface area contributed by atoms with Crippen LogP contribution in [0.25, 0.3) is 10.9 Å². The van der Waals surface area contributed by atoms with Gasteiger partial charge in [0.05, 0.1) is 11.4 Å². The first-order valence-electron chi connectivity index (χ1n) is 10.9. The van der Waals surface area contributed by atoms with Crippen LogP contribution in [0.2, 0.25) is 10.0 Å². The van der Waals surface area contributed by atoms with Gasteiger partial charge in [-0.25, -0.2) is 8.78 Å². The molecular formula is C26H19Cl2F2NO2S2. The van der Waals surface area contributed by atoms with Crippen molar-refractivity contribution in [1.82, 2.24) is 4.57 Å². The second-order valence-corrected chi connectivity index (χ2v) is 11.5. The first-order valence-corrected chi connectivity index (χ1v) is 13.3. The lowest BCUT2D eigenvalue weighted by atomic mass is 9.90. The molecule has 1 aliphatic rings. The second kappa shape index (κ2) is 9.69. The summed E-state index contributed by atoms with van der Waals surface area (Å²) in [5, 5.41) is 11.5. The van der Waals surface area contributed by atoms with E-state index in [4.69, 9.17) is 23.2 Å². The number of benzene rings is 3. The maximum atomic E-state index is 15.4. The SMILES string of the molecule is CC(C(=O)O)C1CCn2c1c(Sc1ccc(Cl)cc1)c1c(Sc3ccc(Cl)cc3)cc(F)c(F)c12. The molecule has 0 aliphatic carbocycles. The molecule has 3 aromatic carbocycles. The van der Waals surface area contributed by atoms with Gasteiger partial charge in [-0.15, -0.1) is 0 Å².